The summed E-state index contributed by atoms with van der Waals surface area (Å²) >= 11 is 1.55. The quantitative estimate of drug-likeness (QED) is 0.420. The second-order valence-electron chi connectivity index (χ2n) is 9.17. The lowest BCUT2D eigenvalue weighted by molar-refractivity contribution is 0.238. The van der Waals surface area contributed by atoms with Gasteiger partial charge in [-0.1, -0.05) is 23.9 Å². The molecular formula is C25H27N7S. The topological polar surface area (TPSA) is 111 Å². The lowest BCUT2D eigenvalue weighted by atomic mass is 9.81. The molecule has 1 aliphatic carbocycles. The molecule has 0 unspecified atom stereocenters. The van der Waals surface area contributed by atoms with E-state index in [1.54, 1.807) is 22.5 Å². The van der Waals surface area contributed by atoms with Crippen LogP contribution in [0.3, 0.4) is 0 Å². The van der Waals surface area contributed by atoms with Crippen molar-refractivity contribution in [2.24, 2.45) is 5.73 Å². The van der Waals surface area contributed by atoms with Crippen molar-refractivity contribution in [3.8, 4) is 17.2 Å². The molecule has 1 fully saturated rings. The second kappa shape index (κ2) is 8.25. The third-order valence-corrected chi connectivity index (χ3v) is 7.76. The molecule has 4 N–H and O–H groups in total. The molecule has 1 saturated carbocycles. The zero-order valence-electron chi connectivity index (χ0n) is 18.8. The number of nitrogen functional groups attached to an aromatic ring is 1. The van der Waals surface area contributed by atoms with Crippen LogP contribution in [0.25, 0.3) is 16.6 Å². The molecule has 0 aliphatic heterocycles. The van der Waals surface area contributed by atoms with Crippen molar-refractivity contribution in [3.63, 3.8) is 0 Å². The van der Waals surface area contributed by atoms with Gasteiger partial charge in [0.2, 0.25) is 0 Å². The number of nitrogens with zero attached hydrogens (tertiary/aromatic N) is 5. The molecular weight excluding hydrogens is 430 g/mol. The SMILES string of the molecule is Cc1c(-c2cc(Sc3ccccc3N)c3c(C#N)cnn3c2)cnn1C1CCC(C)(N)CC1. The zero-order chi connectivity index (χ0) is 23.2. The average molecular weight is 458 g/mol. The maximum absolute atomic E-state index is 9.62. The van der Waals surface area contributed by atoms with Crippen LogP contribution >= 0.6 is 11.8 Å². The van der Waals surface area contributed by atoms with E-state index in [1.165, 1.54) is 0 Å². The Hall–Kier alpha value is -3.28. The van der Waals surface area contributed by atoms with E-state index >= 15 is 0 Å². The molecule has 33 heavy (non-hydrogen) atoms. The van der Waals surface area contributed by atoms with Crippen LogP contribution in [0.2, 0.25) is 0 Å². The van der Waals surface area contributed by atoms with E-state index in [9.17, 15) is 5.26 Å². The van der Waals surface area contributed by atoms with Crippen molar-refractivity contribution in [1.82, 2.24) is 19.4 Å². The van der Waals surface area contributed by atoms with Crippen LogP contribution < -0.4 is 11.5 Å². The number of para-hydroxylation sites is 1. The van der Waals surface area contributed by atoms with Gasteiger partial charge in [-0.25, -0.2) is 4.52 Å². The number of nitrogens with two attached hydrogens (primary N) is 2. The molecule has 1 aliphatic rings. The summed E-state index contributed by atoms with van der Waals surface area (Å²) in [5.41, 5.74) is 17.7. The fourth-order valence-electron chi connectivity index (χ4n) is 4.66. The summed E-state index contributed by atoms with van der Waals surface area (Å²) in [6.07, 6.45) is 9.59. The molecule has 0 atom stereocenters. The number of benzene rings is 1. The number of pyridine rings is 1. The van der Waals surface area contributed by atoms with Crippen LogP contribution in [0.4, 0.5) is 5.69 Å². The highest BCUT2D eigenvalue weighted by atomic mass is 32.2. The fraction of sp³-hybridized carbons (Fsp3) is 0.320. The largest absolute Gasteiger partial charge is 0.398 e. The smallest absolute Gasteiger partial charge is 0.103 e. The summed E-state index contributed by atoms with van der Waals surface area (Å²) in [7, 11) is 0. The first-order valence-corrected chi connectivity index (χ1v) is 12.0. The molecule has 7 nitrogen and oxygen atoms in total. The highest BCUT2D eigenvalue weighted by molar-refractivity contribution is 7.99. The molecule has 168 valence electrons. The van der Waals surface area contributed by atoms with E-state index in [-0.39, 0.29) is 5.54 Å². The Labute approximate surface area is 197 Å². The minimum atomic E-state index is -0.0740. The molecule has 0 saturated heterocycles. The standard InChI is InChI=1S/C25H27N7S/c1-16-20(14-30-32(16)19-7-9-25(2,28)10-8-19)17-11-23(33-22-6-4-3-5-21(22)27)24-18(12-26)13-29-31(24)15-17/h3-6,11,13-15,19H,7-10,27-28H2,1-2H3. The summed E-state index contributed by atoms with van der Waals surface area (Å²) in [6.45, 7) is 4.26. The van der Waals surface area contributed by atoms with Crippen LogP contribution in [0.5, 0.6) is 0 Å². The summed E-state index contributed by atoms with van der Waals surface area (Å²) in [4.78, 5) is 1.88. The Kier molecular flexibility index (Phi) is 5.39. The Morgan fingerprint density at radius 3 is 2.64 bits per heavy atom. The average Bonchev–Trinajstić information content (AvgIpc) is 3.39. The molecule has 5 rings (SSSR count). The third kappa shape index (κ3) is 3.99. The van der Waals surface area contributed by atoms with Gasteiger partial charge in [0.15, 0.2) is 0 Å². The maximum atomic E-state index is 9.62. The van der Waals surface area contributed by atoms with Crippen LogP contribution in [0, 0.1) is 18.3 Å². The third-order valence-electron chi connectivity index (χ3n) is 6.64. The van der Waals surface area contributed by atoms with Gasteiger partial charge in [-0.2, -0.15) is 15.5 Å². The Morgan fingerprint density at radius 2 is 1.91 bits per heavy atom. The molecule has 0 bridgehead atoms. The van der Waals surface area contributed by atoms with Gasteiger partial charge >= 0.3 is 0 Å². The summed E-state index contributed by atoms with van der Waals surface area (Å²) in [5, 5.41) is 18.8. The summed E-state index contributed by atoms with van der Waals surface area (Å²) in [5.74, 6) is 0. The fourth-order valence-corrected chi connectivity index (χ4v) is 5.72. The van der Waals surface area contributed by atoms with Crippen molar-refractivity contribution in [2.75, 3.05) is 5.73 Å². The normalized spacial score (nSPS) is 20.7. The number of aromatic nitrogens is 4. The Morgan fingerprint density at radius 1 is 1.15 bits per heavy atom. The maximum Gasteiger partial charge on any atom is 0.103 e. The van der Waals surface area contributed by atoms with Crippen LogP contribution in [-0.4, -0.2) is 24.9 Å². The Bertz CT molecular complexity index is 1370. The number of fused-ring (bicyclic) bond motifs is 1. The van der Waals surface area contributed by atoms with E-state index in [4.69, 9.17) is 16.6 Å². The highest BCUT2D eigenvalue weighted by Gasteiger charge is 2.29. The van der Waals surface area contributed by atoms with Crippen LogP contribution in [0.1, 0.15) is 49.9 Å². The van der Waals surface area contributed by atoms with E-state index < -0.39 is 0 Å². The minimum Gasteiger partial charge on any atom is -0.398 e. The first-order chi connectivity index (χ1) is 15.9. The van der Waals surface area contributed by atoms with Gasteiger partial charge in [0.1, 0.15) is 6.07 Å². The number of hydrogen-bond donors (Lipinski definition) is 2. The lowest BCUT2D eigenvalue weighted by Gasteiger charge is -2.34. The summed E-state index contributed by atoms with van der Waals surface area (Å²) < 4.78 is 3.94. The van der Waals surface area contributed by atoms with E-state index in [0.717, 1.165) is 57.8 Å². The van der Waals surface area contributed by atoms with Crippen molar-refractivity contribution in [2.45, 2.75) is 60.9 Å². The van der Waals surface area contributed by atoms with Crippen molar-refractivity contribution >= 4 is 23.0 Å². The minimum absolute atomic E-state index is 0.0740. The summed E-state index contributed by atoms with van der Waals surface area (Å²) in [6, 6.07) is 12.5. The van der Waals surface area contributed by atoms with Gasteiger partial charge in [0.05, 0.1) is 29.5 Å². The van der Waals surface area contributed by atoms with Crippen molar-refractivity contribution in [1.29, 1.82) is 5.26 Å². The molecule has 3 heterocycles. The van der Waals surface area contributed by atoms with Crippen molar-refractivity contribution in [3.05, 3.63) is 60.2 Å². The van der Waals surface area contributed by atoms with E-state index in [1.807, 2.05) is 36.7 Å². The first kappa shape index (κ1) is 21.6. The van der Waals surface area contributed by atoms with Gasteiger partial charge in [0, 0.05) is 44.0 Å². The first-order valence-electron chi connectivity index (χ1n) is 11.1. The molecule has 0 spiro atoms. The molecule has 0 amide bonds. The van der Waals surface area contributed by atoms with Crippen LogP contribution in [0.15, 0.2) is 58.7 Å². The predicted octanol–water partition coefficient (Wildman–Crippen LogP) is 4.94. The van der Waals surface area contributed by atoms with Crippen molar-refractivity contribution < 1.29 is 0 Å². The van der Waals surface area contributed by atoms with E-state index in [0.29, 0.717) is 17.3 Å². The molecule has 0 radical (unpaired) electrons. The zero-order valence-corrected chi connectivity index (χ0v) is 19.6. The molecule has 3 aromatic heterocycles. The van der Waals surface area contributed by atoms with Gasteiger partial charge in [-0.3, -0.25) is 4.68 Å². The number of hydrogen-bond acceptors (Lipinski definition) is 6. The van der Waals surface area contributed by atoms with Crippen LogP contribution in [-0.2, 0) is 0 Å². The van der Waals surface area contributed by atoms with Gasteiger partial charge < -0.3 is 11.5 Å². The predicted molar refractivity (Wildman–Crippen MR) is 131 cm³/mol. The Balaban J connectivity index is 1.57. The monoisotopic (exact) mass is 457 g/mol. The van der Waals surface area contributed by atoms with Gasteiger partial charge in [0.25, 0.3) is 0 Å². The lowest BCUT2D eigenvalue weighted by Crippen LogP contribution is -2.40. The number of rotatable bonds is 4. The number of nitriles is 1. The van der Waals surface area contributed by atoms with Gasteiger partial charge in [-0.05, 0) is 57.7 Å². The molecule has 1 aromatic carbocycles. The highest BCUT2D eigenvalue weighted by Crippen LogP contribution is 2.39. The van der Waals surface area contributed by atoms with E-state index in [2.05, 4.69) is 35.8 Å². The number of anilines is 1. The second-order valence-corrected chi connectivity index (χ2v) is 10.3. The molecule has 8 heteroatoms. The van der Waals surface area contributed by atoms with Gasteiger partial charge in [-0.15, -0.1) is 0 Å². The molecule has 4 aromatic rings.